The van der Waals surface area contributed by atoms with Crippen molar-refractivity contribution in [1.82, 2.24) is 34.9 Å². The number of carboxylic acid groups (broad SMARTS) is 1. The van der Waals surface area contributed by atoms with Crippen LogP contribution in [0.4, 0.5) is 0 Å². The Labute approximate surface area is 160 Å². The Morgan fingerprint density at radius 3 is 2.68 bits per heavy atom. The van der Waals surface area contributed by atoms with Crippen molar-refractivity contribution in [3.05, 3.63) is 59.2 Å². The topological polar surface area (TPSA) is 119 Å². The molecule has 1 aromatic carbocycles. The second-order valence-corrected chi connectivity index (χ2v) is 6.51. The van der Waals surface area contributed by atoms with E-state index in [4.69, 9.17) is 0 Å². The highest BCUT2D eigenvalue weighted by Gasteiger charge is 2.34. The van der Waals surface area contributed by atoms with Gasteiger partial charge in [0.2, 0.25) is 0 Å². The molecule has 144 valence electrons. The molecule has 3 heterocycles. The molecule has 0 spiro atoms. The molecule has 0 unspecified atom stereocenters. The molecule has 1 atom stereocenters. The molecule has 3 aromatic rings. The van der Waals surface area contributed by atoms with E-state index in [9.17, 15) is 14.7 Å². The average molecular weight is 381 g/mol. The van der Waals surface area contributed by atoms with Crippen molar-refractivity contribution in [1.29, 1.82) is 0 Å². The van der Waals surface area contributed by atoms with Crippen molar-refractivity contribution >= 4 is 11.9 Å². The van der Waals surface area contributed by atoms with Crippen LogP contribution >= 0.6 is 0 Å². The number of aromatic nitrogens is 6. The van der Waals surface area contributed by atoms with Gasteiger partial charge in [-0.25, -0.2) is 9.48 Å². The van der Waals surface area contributed by atoms with Crippen LogP contribution in [0.5, 0.6) is 0 Å². The fraction of sp³-hybridized carbons (Fsp3) is 0.333. The predicted molar refractivity (Wildman–Crippen MR) is 96.4 cm³/mol. The lowest BCUT2D eigenvalue weighted by atomic mass is 10.0. The van der Waals surface area contributed by atoms with Gasteiger partial charge in [0, 0.05) is 37.3 Å². The molecule has 10 heteroatoms. The van der Waals surface area contributed by atoms with Crippen molar-refractivity contribution in [3.63, 3.8) is 0 Å². The number of hydrogen-bond acceptors (Lipinski definition) is 6. The Morgan fingerprint density at radius 2 is 2.04 bits per heavy atom. The van der Waals surface area contributed by atoms with Gasteiger partial charge in [-0.2, -0.15) is 5.10 Å². The summed E-state index contributed by atoms with van der Waals surface area (Å²) < 4.78 is 3.12. The number of aryl methyl sites for hydroxylation is 1. The van der Waals surface area contributed by atoms with E-state index < -0.39 is 12.0 Å². The first-order chi connectivity index (χ1) is 13.6. The Hall–Kier alpha value is -3.56. The third-order valence-corrected chi connectivity index (χ3v) is 4.93. The maximum absolute atomic E-state index is 13.4. The molecule has 0 fully saturated rings. The first kappa shape index (κ1) is 17.8. The van der Waals surface area contributed by atoms with Gasteiger partial charge in [-0.3, -0.25) is 9.48 Å². The van der Waals surface area contributed by atoms with E-state index in [1.807, 2.05) is 37.3 Å². The largest absolute Gasteiger partial charge is 0.476 e. The van der Waals surface area contributed by atoms with Gasteiger partial charge in [-0.1, -0.05) is 30.3 Å². The third-order valence-electron chi connectivity index (χ3n) is 4.93. The van der Waals surface area contributed by atoms with E-state index in [-0.39, 0.29) is 18.1 Å². The molecule has 28 heavy (non-hydrogen) atoms. The molecule has 1 aliphatic heterocycles. The minimum atomic E-state index is -1.09. The highest BCUT2D eigenvalue weighted by Crippen LogP contribution is 2.27. The summed E-state index contributed by atoms with van der Waals surface area (Å²) in [7, 11) is 0. The number of aromatic carboxylic acids is 1. The summed E-state index contributed by atoms with van der Waals surface area (Å²) in [4.78, 5) is 26.7. The van der Waals surface area contributed by atoms with Gasteiger partial charge in [0.25, 0.3) is 5.91 Å². The number of carbonyl (C=O) groups excluding carboxylic acids is 1. The molecule has 0 radical (unpaired) electrons. The van der Waals surface area contributed by atoms with Crippen LogP contribution in [0.15, 0.2) is 36.7 Å². The predicted octanol–water partition coefficient (Wildman–Crippen LogP) is 0.762. The molecule has 10 nitrogen and oxygen atoms in total. The fourth-order valence-electron chi connectivity index (χ4n) is 3.62. The van der Waals surface area contributed by atoms with E-state index in [1.54, 1.807) is 9.58 Å². The minimum absolute atomic E-state index is 0.00744. The van der Waals surface area contributed by atoms with Gasteiger partial charge in [-0.05, 0) is 22.9 Å². The van der Waals surface area contributed by atoms with Crippen LogP contribution in [0.1, 0.15) is 40.3 Å². The Bertz CT molecular complexity index is 998. The summed E-state index contributed by atoms with van der Waals surface area (Å²) in [6.07, 6.45) is 1.95. The zero-order valence-electron chi connectivity index (χ0n) is 15.3. The molecule has 1 amide bonds. The number of carbonyl (C=O) groups is 2. The van der Waals surface area contributed by atoms with Crippen molar-refractivity contribution in [2.45, 2.75) is 32.5 Å². The van der Waals surface area contributed by atoms with Crippen LogP contribution in [0.3, 0.4) is 0 Å². The van der Waals surface area contributed by atoms with Crippen LogP contribution in [-0.2, 0) is 24.3 Å². The zero-order valence-corrected chi connectivity index (χ0v) is 15.3. The van der Waals surface area contributed by atoms with Crippen LogP contribution in [0.2, 0.25) is 0 Å². The summed E-state index contributed by atoms with van der Waals surface area (Å²) in [5.74, 6) is -1.28. The molecule has 0 saturated heterocycles. The number of amides is 1. The van der Waals surface area contributed by atoms with Crippen LogP contribution in [-0.4, -0.2) is 58.4 Å². The lowest BCUT2D eigenvalue weighted by molar-refractivity contribution is -0.134. The molecule has 2 aromatic heterocycles. The van der Waals surface area contributed by atoms with Crippen molar-refractivity contribution in [3.8, 4) is 0 Å². The normalized spacial score (nSPS) is 14.5. The van der Waals surface area contributed by atoms with Gasteiger partial charge in [0.1, 0.15) is 6.33 Å². The second-order valence-electron chi connectivity index (χ2n) is 6.51. The Kier molecular flexibility index (Phi) is 4.60. The monoisotopic (exact) mass is 381 g/mol. The van der Waals surface area contributed by atoms with Crippen molar-refractivity contribution in [2.75, 3.05) is 6.54 Å². The summed E-state index contributed by atoms with van der Waals surface area (Å²) in [5.41, 5.74) is 2.24. The Balaban J connectivity index is 1.69. The highest BCUT2D eigenvalue weighted by atomic mass is 16.4. The number of benzene rings is 1. The highest BCUT2D eigenvalue weighted by molar-refractivity contribution is 5.88. The second kappa shape index (κ2) is 7.22. The number of fused-ring (bicyclic) bond motifs is 1. The molecule has 0 aliphatic carbocycles. The number of hydrogen-bond donors (Lipinski definition) is 1. The zero-order chi connectivity index (χ0) is 19.7. The van der Waals surface area contributed by atoms with Gasteiger partial charge in [-0.15, -0.1) is 5.10 Å². The van der Waals surface area contributed by atoms with Gasteiger partial charge >= 0.3 is 5.97 Å². The molecule has 0 saturated carbocycles. The number of tetrazole rings is 1. The maximum atomic E-state index is 13.4. The summed E-state index contributed by atoms with van der Waals surface area (Å²) in [6, 6.07) is 8.54. The minimum Gasteiger partial charge on any atom is -0.476 e. The van der Waals surface area contributed by atoms with Gasteiger partial charge < -0.3 is 10.0 Å². The third kappa shape index (κ3) is 3.02. The summed E-state index contributed by atoms with van der Waals surface area (Å²) in [5, 5.41) is 24.9. The van der Waals surface area contributed by atoms with Crippen LogP contribution in [0.25, 0.3) is 0 Å². The molecular formula is C18H19N7O3. The molecular weight excluding hydrogens is 362 g/mol. The lowest BCUT2D eigenvalue weighted by Gasteiger charge is -2.31. The smallest absolute Gasteiger partial charge is 0.356 e. The van der Waals surface area contributed by atoms with E-state index in [0.29, 0.717) is 25.1 Å². The first-order valence-corrected chi connectivity index (χ1v) is 8.98. The fourth-order valence-corrected chi connectivity index (χ4v) is 3.62. The number of carboxylic acids is 1. The first-order valence-electron chi connectivity index (χ1n) is 8.98. The van der Waals surface area contributed by atoms with E-state index in [1.165, 1.54) is 11.0 Å². The standard InChI is InChI=1S/C18H19N7O3/c1-2-24-14-8-9-23(10-13(14)15(20-24)18(27)28)17(26)16(25-11-19-21-22-25)12-6-4-3-5-7-12/h3-7,11,16H,2,8-10H2,1H3,(H,27,28)/t16-/m0/s1. The number of rotatable bonds is 5. The molecule has 0 bridgehead atoms. The van der Waals surface area contributed by atoms with Crippen LogP contribution < -0.4 is 0 Å². The van der Waals surface area contributed by atoms with Crippen molar-refractivity contribution < 1.29 is 14.7 Å². The van der Waals surface area contributed by atoms with E-state index >= 15 is 0 Å². The molecule has 1 N–H and O–H groups in total. The van der Waals surface area contributed by atoms with Crippen LogP contribution in [0, 0.1) is 0 Å². The Morgan fingerprint density at radius 1 is 1.25 bits per heavy atom. The van der Waals surface area contributed by atoms with Gasteiger partial charge in [0.05, 0.1) is 0 Å². The summed E-state index contributed by atoms with van der Waals surface area (Å²) >= 11 is 0. The van der Waals surface area contributed by atoms with Crippen molar-refractivity contribution in [2.24, 2.45) is 0 Å². The summed E-state index contributed by atoms with van der Waals surface area (Å²) in [6.45, 7) is 3.17. The van der Waals surface area contributed by atoms with E-state index in [0.717, 1.165) is 11.3 Å². The lowest BCUT2D eigenvalue weighted by Crippen LogP contribution is -2.41. The average Bonchev–Trinajstić information content (AvgIpc) is 3.36. The SMILES string of the molecule is CCn1nc(C(=O)O)c2c1CCN(C(=O)[C@H](c1ccccc1)n1cnnn1)C2. The molecule has 4 rings (SSSR count). The maximum Gasteiger partial charge on any atom is 0.356 e. The quantitative estimate of drug-likeness (QED) is 0.693. The molecule has 1 aliphatic rings. The van der Waals surface area contributed by atoms with E-state index in [2.05, 4.69) is 20.6 Å². The van der Waals surface area contributed by atoms with Gasteiger partial charge in [0.15, 0.2) is 11.7 Å². The number of nitrogens with zero attached hydrogens (tertiary/aromatic N) is 7.